The summed E-state index contributed by atoms with van der Waals surface area (Å²) in [6.45, 7) is 0. The summed E-state index contributed by atoms with van der Waals surface area (Å²) in [4.78, 5) is 12.5. The van der Waals surface area contributed by atoms with Crippen LogP contribution in [-0.2, 0) is 11.2 Å². The molecular formula is C17H21NO. The van der Waals surface area contributed by atoms with Gasteiger partial charge in [-0.25, -0.2) is 0 Å². The molecule has 0 aromatic heterocycles. The normalized spacial score (nSPS) is 35.4. The van der Waals surface area contributed by atoms with Crippen molar-refractivity contribution in [3.05, 3.63) is 35.4 Å². The van der Waals surface area contributed by atoms with Crippen molar-refractivity contribution in [3.63, 3.8) is 0 Å². The lowest BCUT2D eigenvalue weighted by molar-refractivity contribution is -0.127. The Labute approximate surface area is 114 Å². The van der Waals surface area contributed by atoms with E-state index in [0.717, 1.165) is 25.2 Å². The summed E-state index contributed by atoms with van der Waals surface area (Å²) in [6, 6.07) is 8.82. The van der Waals surface area contributed by atoms with Gasteiger partial charge in [0.05, 0.1) is 6.04 Å². The molecule has 1 amide bonds. The quantitative estimate of drug-likeness (QED) is 0.863. The summed E-state index contributed by atoms with van der Waals surface area (Å²) in [7, 11) is 0. The van der Waals surface area contributed by atoms with Crippen LogP contribution >= 0.6 is 0 Å². The topological polar surface area (TPSA) is 29.1 Å². The standard InChI is InChI=1S/C17H21NO/c19-17(15-10-11-5-6-13(15)9-11)18-16-8-7-12-3-1-2-4-14(12)16/h1-4,11,13,15-16H,5-10H2,(H,18,19). The minimum absolute atomic E-state index is 0.267. The number of rotatable bonds is 2. The fourth-order valence-corrected chi connectivity index (χ4v) is 4.55. The van der Waals surface area contributed by atoms with Crippen LogP contribution in [0.3, 0.4) is 0 Å². The summed E-state index contributed by atoms with van der Waals surface area (Å²) in [6.07, 6.45) is 7.28. The molecule has 1 N–H and O–H groups in total. The molecule has 100 valence electrons. The Morgan fingerprint density at radius 2 is 2.00 bits per heavy atom. The third-order valence-corrected chi connectivity index (χ3v) is 5.52. The monoisotopic (exact) mass is 255 g/mol. The molecule has 3 aliphatic rings. The first-order valence-corrected chi connectivity index (χ1v) is 7.69. The lowest BCUT2D eigenvalue weighted by Crippen LogP contribution is -2.35. The molecule has 2 fully saturated rings. The van der Waals surface area contributed by atoms with E-state index in [1.54, 1.807) is 0 Å². The molecule has 0 saturated heterocycles. The van der Waals surface area contributed by atoms with Crippen LogP contribution in [0.25, 0.3) is 0 Å². The van der Waals surface area contributed by atoms with E-state index in [9.17, 15) is 4.79 Å². The molecule has 0 radical (unpaired) electrons. The Morgan fingerprint density at radius 3 is 2.79 bits per heavy atom. The molecule has 0 spiro atoms. The van der Waals surface area contributed by atoms with Crippen molar-refractivity contribution in [2.24, 2.45) is 17.8 Å². The molecule has 2 bridgehead atoms. The second-order valence-corrected chi connectivity index (χ2v) is 6.58. The lowest BCUT2D eigenvalue weighted by Gasteiger charge is -2.23. The van der Waals surface area contributed by atoms with Crippen LogP contribution in [0.15, 0.2) is 24.3 Å². The van der Waals surface area contributed by atoms with Crippen molar-refractivity contribution < 1.29 is 4.79 Å². The van der Waals surface area contributed by atoms with Gasteiger partial charge in [-0.1, -0.05) is 30.7 Å². The molecule has 2 heteroatoms. The van der Waals surface area contributed by atoms with E-state index in [0.29, 0.717) is 17.7 Å². The maximum absolute atomic E-state index is 12.5. The molecule has 2 nitrogen and oxygen atoms in total. The third kappa shape index (κ3) is 1.89. The zero-order valence-corrected chi connectivity index (χ0v) is 11.3. The Balaban J connectivity index is 1.47. The molecule has 4 rings (SSSR count). The lowest BCUT2D eigenvalue weighted by atomic mass is 9.88. The Hall–Kier alpha value is -1.31. The van der Waals surface area contributed by atoms with E-state index < -0.39 is 0 Å². The molecule has 4 atom stereocenters. The Kier molecular flexibility index (Phi) is 2.64. The average Bonchev–Trinajstić information content (AvgIpc) is 3.14. The van der Waals surface area contributed by atoms with E-state index in [-0.39, 0.29) is 6.04 Å². The maximum atomic E-state index is 12.5. The minimum Gasteiger partial charge on any atom is -0.349 e. The average molecular weight is 255 g/mol. The molecule has 1 aromatic rings. The van der Waals surface area contributed by atoms with Crippen molar-refractivity contribution in [2.75, 3.05) is 0 Å². The van der Waals surface area contributed by atoms with Crippen LogP contribution in [0, 0.1) is 17.8 Å². The highest BCUT2D eigenvalue weighted by atomic mass is 16.2. The van der Waals surface area contributed by atoms with Crippen LogP contribution in [0.1, 0.15) is 49.3 Å². The van der Waals surface area contributed by atoms with Gasteiger partial charge in [-0.15, -0.1) is 0 Å². The van der Waals surface area contributed by atoms with Crippen molar-refractivity contribution in [3.8, 4) is 0 Å². The van der Waals surface area contributed by atoms with Gasteiger partial charge in [0.2, 0.25) is 5.91 Å². The fourth-order valence-electron chi connectivity index (χ4n) is 4.55. The number of hydrogen-bond donors (Lipinski definition) is 1. The predicted octanol–water partition coefficient (Wildman–Crippen LogP) is 3.23. The molecular weight excluding hydrogens is 234 g/mol. The molecule has 19 heavy (non-hydrogen) atoms. The second-order valence-electron chi connectivity index (χ2n) is 6.58. The van der Waals surface area contributed by atoms with Crippen LogP contribution in [0.4, 0.5) is 0 Å². The zero-order chi connectivity index (χ0) is 12.8. The molecule has 3 aliphatic carbocycles. The Bertz CT molecular complexity index is 510. The van der Waals surface area contributed by atoms with E-state index in [1.165, 1.54) is 30.4 Å². The van der Waals surface area contributed by atoms with Gasteiger partial charge in [0.15, 0.2) is 0 Å². The van der Waals surface area contributed by atoms with E-state index >= 15 is 0 Å². The van der Waals surface area contributed by atoms with Crippen molar-refractivity contribution >= 4 is 5.91 Å². The van der Waals surface area contributed by atoms with Gasteiger partial charge in [-0.3, -0.25) is 4.79 Å². The number of benzene rings is 1. The highest BCUT2D eigenvalue weighted by Crippen LogP contribution is 2.48. The first-order chi connectivity index (χ1) is 9.31. The van der Waals surface area contributed by atoms with Crippen LogP contribution in [0.2, 0.25) is 0 Å². The van der Waals surface area contributed by atoms with Crippen LogP contribution in [0.5, 0.6) is 0 Å². The van der Waals surface area contributed by atoms with E-state index in [4.69, 9.17) is 0 Å². The summed E-state index contributed by atoms with van der Waals surface area (Å²) in [5.41, 5.74) is 2.76. The number of aryl methyl sites for hydroxylation is 1. The maximum Gasteiger partial charge on any atom is 0.223 e. The zero-order valence-electron chi connectivity index (χ0n) is 11.3. The highest BCUT2D eigenvalue weighted by Gasteiger charge is 2.43. The van der Waals surface area contributed by atoms with Crippen molar-refractivity contribution in [1.29, 1.82) is 0 Å². The van der Waals surface area contributed by atoms with Crippen molar-refractivity contribution in [2.45, 2.75) is 44.6 Å². The molecule has 0 aliphatic heterocycles. The molecule has 4 unspecified atom stereocenters. The third-order valence-electron chi connectivity index (χ3n) is 5.52. The first-order valence-electron chi connectivity index (χ1n) is 7.69. The van der Waals surface area contributed by atoms with Gasteiger partial charge in [-0.05, 0) is 55.1 Å². The predicted molar refractivity (Wildman–Crippen MR) is 74.6 cm³/mol. The largest absolute Gasteiger partial charge is 0.349 e. The molecule has 2 saturated carbocycles. The fraction of sp³-hybridized carbons (Fsp3) is 0.588. The summed E-state index contributed by atoms with van der Waals surface area (Å²) in [5.74, 6) is 2.17. The van der Waals surface area contributed by atoms with Gasteiger partial charge in [0, 0.05) is 5.92 Å². The van der Waals surface area contributed by atoms with Gasteiger partial charge < -0.3 is 5.32 Å². The number of nitrogens with one attached hydrogen (secondary N) is 1. The van der Waals surface area contributed by atoms with Gasteiger partial charge >= 0.3 is 0 Å². The van der Waals surface area contributed by atoms with Gasteiger partial charge in [0.1, 0.15) is 0 Å². The number of amides is 1. The number of carbonyl (C=O) groups is 1. The van der Waals surface area contributed by atoms with Crippen LogP contribution in [-0.4, -0.2) is 5.91 Å². The smallest absolute Gasteiger partial charge is 0.223 e. The number of carbonyl (C=O) groups excluding carboxylic acids is 1. The van der Waals surface area contributed by atoms with Crippen LogP contribution < -0.4 is 5.32 Å². The van der Waals surface area contributed by atoms with E-state index in [1.807, 2.05) is 0 Å². The summed E-state index contributed by atoms with van der Waals surface area (Å²) < 4.78 is 0. The number of fused-ring (bicyclic) bond motifs is 3. The van der Waals surface area contributed by atoms with E-state index in [2.05, 4.69) is 29.6 Å². The Morgan fingerprint density at radius 1 is 1.11 bits per heavy atom. The number of hydrogen-bond acceptors (Lipinski definition) is 1. The first kappa shape index (κ1) is 11.5. The van der Waals surface area contributed by atoms with Gasteiger partial charge in [-0.2, -0.15) is 0 Å². The summed E-state index contributed by atoms with van der Waals surface area (Å²) >= 11 is 0. The second kappa shape index (κ2) is 4.36. The highest BCUT2D eigenvalue weighted by molar-refractivity contribution is 5.80. The molecule has 1 aromatic carbocycles. The van der Waals surface area contributed by atoms with Gasteiger partial charge in [0.25, 0.3) is 0 Å². The van der Waals surface area contributed by atoms with Crippen molar-refractivity contribution in [1.82, 2.24) is 5.32 Å². The molecule has 0 heterocycles. The summed E-state index contributed by atoms with van der Waals surface area (Å²) in [5, 5.41) is 3.32. The SMILES string of the molecule is O=C(NC1CCc2ccccc21)C1CC2CCC1C2. The minimum atomic E-state index is 0.267.